The van der Waals surface area contributed by atoms with Gasteiger partial charge < -0.3 is 15.2 Å². The zero-order valence-corrected chi connectivity index (χ0v) is 18.3. The van der Waals surface area contributed by atoms with E-state index < -0.39 is 18.1 Å². The molecule has 1 amide bonds. The molecule has 0 saturated heterocycles. The predicted molar refractivity (Wildman–Crippen MR) is 119 cm³/mol. The molecule has 0 radical (unpaired) electrons. The van der Waals surface area contributed by atoms with Crippen LogP contribution < -0.4 is 5.32 Å². The topological polar surface area (TPSA) is 119 Å². The Morgan fingerprint density at radius 3 is 2.44 bits per heavy atom. The number of carboxylic acid groups (broad SMARTS) is 1. The number of rotatable bonds is 9. The van der Waals surface area contributed by atoms with Gasteiger partial charge in [0.1, 0.15) is 13.2 Å². The molecular formula is C22H23N5O4S. The molecule has 0 fully saturated rings. The molecule has 9 nitrogen and oxygen atoms in total. The van der Waals surface area contributed by atoms with Crippen LogP contribution in [0.2, 0.25) is 0 Å². The van der Waals surface area contributed by atoms with Crippen molar-refractivity contribution in [2.75, 3.05) is 18.6 Å². The molecule has 1 aliphatic carbocycles. The van der Waals surface area contributed by atoms with Crippen molar-refractivity contribution >= 4 is 23.8 Å². The summed E-state index contributed by atoms with van der Waals surface area (Å²) in [5, 5.41) is 23.1. The van der Waals surface area contributed by atoms with E-state index in [-0.39, 0.29) is 24.9 Å². The summed E-state index contributed by atoms with van der Waals surface area (Å²) in [6, 6.07) is 15.7. The summed E-state index contributed by atoms with van der Waals surface area (Å²) in [5.41, 5.74) is 4.57. The van der Waals surface area contributed by atoms with E-state index >= 15 is 0 Å². The fraction of sp³-hybridized carbons (Fsp3) is 0.318. The van der Waals surface area contributed by atoms with Crippen LogP contribution in [0.25, 0.3) is 11.1 Å². The molecule has 1 aliphatic rings. The van der Waals surface area contributed by atoms with Gasteiger partial charge in [0.05, 0.1) is 6.04 Å². The van der Waals surface area contributed by atoms with Crippen LogP contribution in [0.1, 0.15) is 35.3 Å². The number of hydrogen-bond acceptors (Lipinski definition) is 7. The number of nitrogens with one attached hydrogen (secondary N) is 1. The predicted octanol–water partition coefficient (Wildman–Crippen LogP) is 3.09. The molecule has 32 heavy (non-hydrogen) atoms. The van der Waals surface area contributed by atoms with Crippen molar-refractivity contribution in [2.24, 2.45) is 0 Å². The van der Waals surface area contributed by atoms with E-state index in [0.29, 0.717) is 6.42 Å². The van der Waals surface area contributed by atoms with Crippen LogP contribution in [0.3, 0.4) is 0 Å². The molecule has 1 aromatic heterocycles. The van der Waals surface area contributed by atoms with Crippen LogP contribution in [0.5, 0.6) is 0 Å². The Kier molecular flexibility index (Phi) is 6.69. The Morgan fingerprint density at radius 2 is 1.81 bits per heavy atom. The molecule has 0 saturated carbocycles. The number of aromatic nitrogens is 4. The van der Waals surface area contributed by atoms with E-state index in [1.54, 1.807) is 11.8 Å². The maximum Gasteiger partial charge on any atom is 0.407 e. The van der Waals surface area contributed by atoms with E-state index in [0.717, 1.165) is 28.0 Å². The molecule has 1 atom stereocenters. The maximum atomic E-state index is 12.7. The normalized spacial score (nSPS) is 13.3. The standard InChI is InChI=1S/C22H23N5O4S/c1-32-11-10-19(21-24-25-26-27(21)12-20(28)29)23-22(30)31-13-18-16-8-4-2-6-14(16)15-7-3-5-9-17(15)18/h2-9,18-19H,10-13H2,1H3,(H,23,30)(H,28,29)/t19-/m0/s1. The number of benzene rings is 2. The third kappa shape index (κ3) is 4.59. The molecule has 2 aromatic carbocycles. The monoisotopic (exact) mass is 453 g/mol. The number of carboxylic acids is 1. The second-order valence-electron chi connectivity index (χ2n) is 7.39. The third-order valence-corrected chi connectivity index (χ3v) is 6.05. The van der Waals surface area contributed by atoms with Crippen LogP contribution in [0.4, 0.5) is 4.79 Å². The fourth-order valence-corrected chi connectivity index (χ4v) is 4.46. The molecule has 3 aromatic rings. The van der Waals surface area contributed by atoms with Gasteiger partial charge in [-0.1, -0.05) is 48.5 Å². The molecule has 10 heteroatoms. The number of hydrogen-bond donors (Lipinski definition) is 2. The van der Waals surface area contributed by atoms with E-state index in [1.807, 2.05) is 30.5 Å². The zero-order chi connectivity index (χ0) is 22.5. The van der Waals surface area contributed by atoms with E-state index in [1.165, 1.54) is 4.68 Å². The van der Waals surface area contributed by atoms with Gasteiger partial charge in [0.15, 0.2) is 5.82 Å². The summed E-state index contributed by atoms with van der Waals surface area (Å²) in [5.74, 6) is -0.0952. The fourth-order valence-electron chi connectivity index (χ4n) is 3.99. The number of ether oxygens (including phenoxy) is 1. The van der Waals surface area contributed by atoms with Crippen LogP contribution in [-0.4, -0.2) is 56.0 Å². The second-order valence-corrected chi connectivity index (χ2v) is 8.38. The van der Waals surface area contributed by atoms with Crippen LogP contribution in [-0.2, 0) is 16.1 Å². The minimum atomic E-state index is -1.07. The van der Waals surface area contributed by atoms with Gasteiger partial charge in [-0.15, -0.1) is 5.10 Å². The highest BCUT2D eigenvalue weighted by atomic mass is 32.2. The zero-order valence-electron chi connectivity index (χ0n) is 17.5. The largest absolute Gasteiger partial charge is 0.480 e. The minimum absolute atomic E-state index is 0.0462. The van der Waals surface area contributed by atoms with Gasteiger partial charge in [0.2, 0.25) is 0 Å². The molecule has 1 heterocycles. The Hall–Kier alpha value is -3.40. The Morgan fingerprint density at radius 1 is 1.16 bits per heavy atom. The first-order chi connectivity index (χ1) is 15.6. The first-order valence-corrected chi connectivity index (χ1v) is 11.6. The Labute approximate surface area is 189 Å². The van der Waals surface area contributed by atoms with Crippen LogP contribution in [0, 0.1) is 0 Å². The minimum Gasteiger partial charge on any atom is -0.480 e. The first kappa shape index (κ1) is 21.8. The summed E-state index contributed by atoms with van der Waals surface area (Å²) in [4.78, 5) is 23.8. The lowest BCUT2D eigenvalue weighted by Crippen LogP contribution is -2.33. The van der Waals surface area contributed by atoms with E-state index in [4.69, 9.17) is 9.84 Å². The van der Waals surface area contributed by atoms with Crippen molar-refractivity contribution in [2.45, 2.75) is 24.9 Å². The molecule has 0 spiro atoms. The molecule has 2 N–H and O–H groups in total. The van der Waals surface area contributed by atoms with E-state index in [9.17, 15) is 9.59 Å². The van der Waals surface area contributed by atoms with E-state index in [2.05, 4.69) is 45.1 Å². The van der Waals surface area contributed by atoms with Crippen molar-refractivity contribution in [1.29, 1.82) is 0 Å². The van der Waals surface area contributed by atoms with Gasteiger partial charge in [-0.05, 0) is 51.1 Å². The number of alkyl carbamates (subject to hydrolysis) is 1. The molecular weight excluding hydrogens is 430 g/mol. The summed E-state index contributed by atoms with van der Waals surface area (Å²) >= 11 is 1.61. The number of thioether (sulfide) groups is 1. The number of amides is 1. The van der Waals surface area contributed by atoms with Crippen LogP contribution >= 0.6 is 11.8 Å². The maximum absolute atomic E-state index is 12.7. The second kappa shape index (κ2) is 9.82. The van der Waals surface area contributed by atoms with Crippen molar-refractivity contribution < 1.29 is 19.4 Å². The number of carbonyl (C=O) groups excluding carboxylic acids is 1. The average Bonchev–Trinajstić information content (AvgIpc) is 3.37. The quantitative estimate of drug-likeness (QED) is 0.507. The van der Waals surface area contributed by atoms with Gasteiger partial charge in [0.25, 0.3) is 0 Å². The molecule has 0 bridgehead atoms. The summed E-state index contributed by atoms with van der Waals surface area (Å²) in [6.07, 6.45) is 1.89. The van der Waals surface area contributed by atoms with Gasteiger partial charge in [-0.25, -0.2) is 9.48 Å². The van der Waals surface area contributed by atoms with Gasteiger partial charge >= 0.3 is 12.1 Å². The third-order valence-electron chi connectivity index (χ3n) is 5.40. The molecule has 4 rings (SSSR count). The number of fused-ring (bicyclic) bond motifs is 3. The van der Waals surface area contributed by atoms with Crippen molar-refractivity contribution in [1.82, 2.24) is 25.5 Å². The van der Waals surface area contributed by atoms with Gasteiger partial charge in [0, 0.05) is 5.92 Å². The highest BCUT2D eigenvalue weighted by Gasteiger charge is 2.30. The first-order valence-electron chi connectivity index (χ1n) is 10.2. The lowest BCUT2D eigenvalue weighted by atomic mass is 9.98. The molecule has 166 valence electrons. The number of tetrazole rings is 1. The van der Waals surface area contributed by atoms with Gasteiger partial charge in [-0.3, -0.25) is 4.79 Å². The molecule has 0 aliphatic heterocycles. The lowest BCUT2D eigenvalue weighted by molar-refractivity contribution is -0.138. The summed E-state index contributed by atoms with van der Waals surface area (Å²) in [6.45, 7) is -0.195. The average molecular weight is 454 g/mol. The number of carbonyl (C=O) groups is 2. The number of nitrogens with zero attached hydrogens (tertiary/aromatic N) is 4. The Bertz CT molecular complexity index is 1070. The number of aliphatic carboxylic acids is 1. The SMILES string of the molecule is CSCC[C@H](NC(=O)OCC1c2ccccc2-c2ccccc21)c1nnnn1CC(=O)O. The Balaban J connectivity index is 1.46. The smallest absolute Gasteiger partial charge is 0.407 e. The highest BCUT2D eigenvalue weighted by molar-refractivity contribution is 7.98. The van der Waals surface area contributed by atoms with Crippen molar-refractivity contribution in [3.63, 3.8) is 0 Å². The summed E-state index contributed by atoms with van der Waals surface area (Å²) < 4.78 is 6.80. The van der Waals surface area contributed by atoms with Crippen LogP contribution in [0.15, 0.2) is 48.5 Å². The lowest BCUT2D eigenvalue weighted by Gasteiger charge is -2.19. The highest BCUT2D eigenvalue weighted by Crippen LogP contribution is 2.44. The van der Waals surface area contributed by atoms with Crippen molar-refractivity contribution in [3.05, 3.63) is 65.5 Å². The summed E-state index contributed by atoms with van der Waals surface area (Å²) in [7, 11) is 0. The van der Waals surface area contributed by atoms with Crippen molar-refractivity contribution in [3.8, 4) is 11.1 Å². The van der Waals surface area contributed by atoms with Gasteiger partial charge in [-0.2, -0.15) is 11.8 Å². The molecule has 0 unspecified atom stereocenters.